The van der Waals surface area contributed by atoms with E-state index in [1.165, 1.54) is 28.1 Å². The average molecular weight is 378 g/mol. The van der Waals surface area contributed by atoms with Crippen LogP contribution in [0.2, 0.25) is 0 Å². The maximum absolute atomic E-state index is 13.7. The summed E-state index contributed by atoms with van der Waals surface area (Å²) in [6.07, 6.45) is 0. The molecule has 0 spiro atoms. The van der Waals surface area contributed by atoms with Gasteiger partial charge >= 0.3 is 0 Å². The first-order chi connectivity index (χ1) is 12.7. The molecule has 0 aliphatic heterocycles. The molecule has 2 rings (SSSR count). The molecule has 27 heavy (non-hydrogen) atoms. The van der Waals surface area contributed by atoms with Crippen molar-refractivity contribution < 1.29 is 27.8 Å². The van der Waals surface area contributed by atoms with E-state index in [9.17, 15) is 18.4 Å². The highest BCUT2D eigenvalue weighted by molar-refractivity contribution is 6.14. The van der Waals surface area contributed by atoms with Gasteiger partial charge in [-0.2, -0.15) is 0 Å². The second-order valence-electron chi connectivity index (χ2n) is 6.22. The minimum atomic E-state index is -1.56. The zero-order valence-corrected chi connectivity index (χ0v) is 15.4. The molecule has 6 nitrogen and oxygen atoms in total. The van der Waals surface area contributed by atoms with Crippen LogP contribution in [0, 0.1) is 17.0 Å². The Morgan fingerprint density at radius 2 is 1.52 bits per heavy atom. The number of hydrogen-bond acceptors (Lipinski definition) is 4. The molecule has 8 heteroatoms. The largest absolute Gasteiger partial charge is 0.497 e. The molecule has 144 valence electrons. The maximum Gasteiger partial charge on any atom is 0.239 e. The second-order valence-corrected chi connectivity index (χ2v) is 6.22. The van der Waals surface area contributed by atoms with Crippen molar-refractivity contribution in [2.75, 3.05) is 24.9 Å². The normalized spacial score (nSPS) is 10.9. The van der Waals surface area contributed by atoms with Crippen LogP contribution in [0.4, 0.5) is 20.2 Å². The Morgan fingerprint density at radius 3 is 2.07 bits per heavy atom. The molecule has 0 heterocycles. The fourth-order valence-corrected chi connectivity index (χ4v) is 2.16. The number of methoxy groups -OCH3 is 2. The summed E-state index contributed by atoms with van der Waals surface area (Å²) in [6.45, 7) is 2.76. The van der Waals surface area contributed by atoms with Gasteiger partial charge < -0.3 is 20.1 Å². The smallest absolute Gasteiger partial charge is 0.239 e. The van der Waals surface area contributed by atoms with Crippen LogP contribution in [-0.2, 0) is 9.59 Å². The van der Waals surface area contributed by atoms with Crippen molar-refractivity contribution in [3.63, 3.8) is 0 Å². The number of benzene rings is 2. The first-order valence-electron chi connectivity index (χ1n) is 7.99. The number of nitrogens with one attached hydrogen (secondary N) is 2. The van der Waals surface area contributed by atoms with Crippen LogP contribution in [0.15, 0.2) is 36.4 Å². The van der Waals surface area contributed by atoms with E-state index in [0.717, 1.165) is 12.1 Å². The summed E-state index contributed by atoms with van der Waals surface area (Å²) in [7, 11) is 2.91. The molecule has 0 radical (unpaired) electrons. The molecule has 0 bridgehead atoms. The van der Waals surface area contributed by atoms with Crippen molar-refractivity contribution in [2.45, 2.75) is 13.8 Å². The van der Waals surface area contributed by atoms with Gasteiger partial charge in [-0.1, -0.05) is 0 Å². The number of carbonyl (C=O) groups is 2. The number of hydrogen-bond donors (Lipinski definition) is 2. The van der Waals surface area contributed by atoms with Gasteiger partial charge in [0.15, 0.2) is 0 Å². The Balaban J connectivity index is 2.20. The van der Waals surface area contributed by atoms with Crippen LogP contribution in [0.3, 0.4) is 0 Å². The minimum absolute atomic E-state index is 0.221. The minimum Gasteiger partial charge on any atom is -0.497 e. The number of amides is 2. The number of rotatable bonds is 6. The highest BCUT2D eigenvalue weighted by Gasteiger charge is 2.37. The van der Waals surface area contributed by atoms with E-state index in [1.54, 1.807) is 18.2 Å². The second kappa shape index (κ2) is 8.03. The van der Waals surface area contributed by atoms with Crippen LogP contribution in [0.25, 0.3) is 0 Å². The summed E-state index contributed by atoms with van der Waals surface area (Å²) in [5.74, 6) is -2.24. The molecule has 0 saturated carbocycles. The van der Waals surface area contributed by atoms with Crippen molar-refractivity contribution in [3.8, 4) is 11.5 Å². The lowest BCUT2D eigenvalue weighted by atomic mass is 9.90. The molecular weight excluding hydrogens is 358 g/mol. The molecule has 0 atom stereocenters. The summed E-state index contributed by atoms with van der Waals surface area (Å²) in [6, 6.07) is 7.54. The quantitative estimate of drug-likeness (QED) is 0.754. The molecule has 2 amide bonds. The van der Waals surface area contributed by atoms with Crippen molar-refractivity contribution >= 4 is 23.2 Å². The third-order valence-corrected chi connectivity index (χ3v) is 3.97. The molecular formula is C19H20F2N2O4. The number of ether oxygens (including phenoxy) is 2. The number of carbonyl (C=O) groups excluding carboxylic acids is 2. The van der Waals surface area contributed by atoms with Crippen LogP contribution < -0.4 is 20.1 Å². The van der Waals surface area contributed by atoms with Gasteiger partial charge in [0, 0.05) is 12.1 Å². The number of anilines is 2. The van der Waals surface area contributed by atoms with Crippen LogP contribution >= 0.6 is 0 Å². The van der Waals surface area contributed by atoms with E-state index in [2.05, 4.69) is 10.6 Å². The molecule has 0 saturated heterocycles. The van der Waals surface area contributed by atoms with Crippen molar-refractivity contribution in [2.24, 2.45) is 5.41 Å². The summed E-state index contributed by atoms with van der Waals surface area (Å²) < 4.78 is 37.0. The van der Waals surface area contributed by atoms with E-state index in [4.69, 9.17) is 9.47 Å². The fourth-order valence-electron chi connectivity index (χ4n) is 2.16. The predicted molar refractivity (Wildman–Crippen MR) is 96.9 cm³/mol. The lowest BCUT2D eigenvalue weighted by Gasteiger charge is -2.23. The van der Waals surface area contributed by atoms with Gasteiger partial charge in [-0.05, 0) is 38.1 Å². The van der Waals surface area contributed by atoms with E-state index in [1.807, 2.05) is 0 Å². The summed E-state index contributed by atoms with van der Waals surface area (Å²) in [5.41, 5.74) is -1.47. The molecule has 2 aromatic rings. The van der Waals surface area contributed by atoms with Gasteiger partial charge in [0.1, 0.15) is 28.5 Å². The molecule has 0 aliphatic rings. The Bertz CT molecular complexity index is 869. The number of halogens is 2. The zero-order chi connectivity index (χ0) is 20.2. The maximum atomic E-state index is 13.7. The molecule has 2 aromatic carbocycles. The standard InChI is InChI=1S/C19H20F2N2O4/c1-19(2,17(24)22-14-7-5-11(20)9-13(14)21)18(25)23-15-10-12(26-3)6-8-16(15)27-4/h5-10H,1-4H3,(H,22,24)(H,23,25). The van der Waals surface area contributed by atoms with Crippen molar-refractivity contribution in [1.29, 1.82) is 0 Å². The molecule has 0 fully saturated rings. The third-order valence-electron chi connectivity index (χ3n) is 3.97. The summed E-state index contributed by atoms with van der Waals surface area (Å²) >= 11 is 0. The Kier molecular flexibility index (Phi) is 5.99. The van der Waals surface area contributed by atoms with Crippen LogP contribution in [0.1, 0.15) is 13.8 Å². The molecule has 0 aliphatic carbocycles. The lowest BCUT2D eigenvalue weighted by Crippen LogP contribution is -2.41. The van der Waals surface area contributed by atoms with Crippen LogP contribution in [-0.4, -0.2) is 26.0 Å². The van der Waals surface area contributed by atoms with E-state index < -0.39 is 28.9 Å². The van der Waals surface area contributed by atoms with Gasteiger partial charge in [-0.15, -0.1) is 0 Å². The van der Waals surface area contributed by atoms with Gasteiger partial charge in [0.2, 0.25) is 11.8 Å². The van der Waals surface area contributed by atoms with E-state index >= 15 is 0 Å². The first kappa shape index (κ1) is 20.2. The summed E-state index contributed by atoms with van der Waals surface area (Å²) in [5, 5.41) is 4.91. The zero-order valence-electron chi connectivity index (χ0n) is 15.4. The van der Waals surface area contributed by atoms with E-state index in [0.29, 0.717) is 23.3 Å². The van der Waals surface area contributed by atoms with Gasteiger partial charge in [-0.3, -0.25) is 9.59 Å². The van der Waals surface area contributed by atoms with Crippen molar-refractivity contribution in [3.05, 3.63) is 48.0 Å². The first-order valence-corrected chi connectivity index (χ1v) is 7.99. The Hall–Kier alpha value is -3.16. The highest BCUT2D eigenvalue weighted by Crippen LogP contribution is 2.31. The predicted octanol–water partition coefficient (Wildman–Crippen LogP) is 3.59. The molecule has 2 N–H and O–H groups in total. The lowest BCUT2D eigenvalue weighted by molar-refractivity contribution is -0.135. The van der Waals surface area contributed by atoms with Gasteiger partial charge in [-0.25, -0.2) is 8.78 Å². The fraction of sp³-hybridized carbons (Fsp3) is 0.263. The molecule has 0 aromatic heterocycles. The Labute approximate surface area is 155 Å². The SMILES string of the molecule is COc1ccc(OC)c(NC(=O)C(C)(C)C(=O)Nc2ccc(F)cc2F)c1. The topological polar surface area (TPSA) is 76.7 Å². The van der Waals surface area contributed by atoms with E-state index in [-0.39, 0.29) is 5.69 Å². The third kappa shape index (κ3) is 4.52. The highest BCUT2D eigenvalue weighted by atomic mass is 19.1. The van der Waals surface area contributed by atoms with Crippen LogP contribution in [0.5, 0.6) is 11.5 Å². The van der Waals surface area contributed by atoms with Crippen molar-refractivity contribution in [1.82, 2.24) is 0 Å². The average Bonchev–Trinajstić information content (AvgIpc) is 2.63. The monoisotopic (exact) mass is 378 g/mol. The summed E-state index contributed by atoms with van der Waals surface area (Å²) in [4.78, 5) is 25.1. The molecule has 0 unspecified atom stereocenters. The van der Waals surface area contributed by atoms with Gasteiger partial charge in [0.05, 0.1) is 25.6 Å². The van der Waals surface area contributed by atoms with Gasteiger partial charge in [0.25, 0.3) is 0 Å². The Morgan fingerprint density at radius 1 is 0.889 bits per heavy atom.